The lowest BCUT2D eigenvalue weighted by atomic mass is 10.2. The van der Waals surface area contributed by atoms with E-state index in [1.54, 1.807) is 48.5 Å². The third-order valence-corrected chi connectivity index (χ3v) is 5.94. The van der Waals surface area contributed by atoms with Crippen molar-refractivity contribution in [2.24, 2.45) is 0 Å². The SMILES string of the molecule is O=c1[nH]c2ccccc2c(=O)n1CCCNC/C=C/CNCCCn1c(=O)[nH]c2ccccc2c1=O. The fourth-order valence-corrected chi connectivity index (χ4v) is 4.07. The van der Waals surface area contributed by atoms with Crippen LogP contribution in [0.2, 0.25) is 0 Å². The molecule has 10 heteroatoms. The highest BCUT2D eigenvalue weighted by Crippen LogP contribution is 2.04. The van der Waals surface area contributed by atoms with Gasteiger partial charge >= 0.3 is 11.4 Å². The molecule has 36 heavy (non-hydrogen) atoms. The van der Waals surface area contributed by atoms with E-state index in [2.05, 4.69) is 20.6 Å². The van der Waals surface area contributed by atoms with E-state index in [9.17, 15) is 19.2 Å². The predicted molar refractivity (Wildman–Crippen MR) is 142 cm³/mol. The van der Waals surface area contributed by atoms with Gasteiger partial charge in [-0.05, 0) is 50.2 Å². The number of aromatic amines is 2. The van der Waals surface area contributed by atoms with Gasteiger partial charge in [-0.15, -0.1) is 0 Å². The molecule has 0 aliphatic carbocycles. The second-order valence-corrected chi connectivity index (χ2v) is 8.45. The van der Waals surface area contributed by atoms with Crippen LogP contribution in [0.4, 0.5) is 0 Å². The number of hydrogen-bond donors (Lipinski definition) is 4. The summed E-state index contributed by atoms with van der Waals surface area (Å²) in [7, 11) is 0. The molecule has 2 aromatic carbocycles. The van der Waals surface area contributed by atoms with Crippen LogP contribution in [0.1, 0.15) is 12.8 Å². The number of nitrogens with one attached hydrogen (secondary N) is 4. The molecule has 4 aromatic rings. The molecule has 4 rings (SSSR count). The minimum Gasteiger partial charge on any atom is -0.313 e. The average Bonchev–Trinajstić information content (AvgIpc) is 2.88. The monoisotopic (exact) mass is 490 g/mol. The zero-order valence-corrected chi connectivity index (χ0v) is 20.0. The maximum Gasteiger partial charge on any atom is 0.328 e. The van der Waals surface area contributed by atoms with E-state index in [-0.39, 0.29) is 22.5 Å². The second-order valence-electron chi connectivity index (χ2n) is 8.45. The first kappa shape index (κ1) is 25.1. The highest BCUT2D eigenvalue weighted by atomic mass is 16.2. The van der Waals surface area contributed by atoms with Gasteiger partial charge in [0.05, 0.1) is 21.8 Å². The van der Waals surface area contributed by atoms with Crippen molar-refractivity contribution in [2.45, 2.75) is 25.9 Å². The van der Waals surface area contributed by atoms with Crippen LogP contribution in [0.25, 0.3) is 21.8 Å². The second kappa shape index (κ2) is 12.1. The first-order valence-corrected chi connectivity index (χ1v) is 12.1. The molecule has 0 spiro atoms. The summed E-state index contributed by atoms with van der Waals surface area (Å²) in [6.07, 6.45) is 5.31. The lowest BCUT2D eigenvalue weighted by Crippen LogP contribution is -2.35. The normalized spacial score (nSPS) is 11.7. The van der Waals surface area contributed by atoms with Crippen molar-refractivity contribution in [3.05, 3.63) is 102 Å². The van der Waals surface area contributed by atoms with Crippen molar-refractivity contribution >= 4 is 21.8 Å². The summed E-state index contributed by atoms with van der Waals surface area (Å²) in [6, 6.07) is 14.0. The van der Waals surface area contributed by atoms with Crippen LogP contribution >= 0.6 is 0 Å². The minimum absolute atomic E-state index is 0.268. The number of H-pyrrole nitrogens is 2. The number of benzene rings is 2. The zero-order valence-electron chi connectivity index (χ0n) is 20.0. The van der Waals surface area contributed by atoms with E-state index < -0.39 is 0 Å². The molecule has 10 nitrogen and oxygen atoms in total. The number of rotatable bonds is 12. The van der Waals surface area contributed by atoms with Gasteiger partial charge in [0.15, 0.2) is 0 Å². The number of nitrogens with zero attached hydrogens (tertiary/aromatic N) is 2. The standard InChI is InChI=1S/C26H30N6O4/c33-23-19-9-1-3-11-21(19)29-25(35)31(23)17-7-15-27-13-5-6-14-28-16-8-18-32-24(34)20-10-2-4-12-22(20)30-26(32)36/h1-6,9-12,27-28H,7-8,13-18H2,(H,29,35)(H,30,36)/b6-5+. The fraction of sp³-hybridized carbons (Fsp3) is 0.308. The van der Waals surface area contributed by atoms with Crippen LogP contribution in [-0.4, -0.2) is 45.3 Å². The number of fused-ring (bicyclic) bond motifs is 2. The van der Waals surface area contributed by atoms with E-state index >= 15 is 0 Å². The van der Waals surface area contributed by atoms with Crippen molar-refractivity contribution in [3.63, 3.8) is 0 Å². The molecule has 0 fully saturated rings. The summed E-state index contributed by atoms with van der Waals surface area (Å²) in [6.45, 7) is 3.39. The molecular weight excluding hydrogens is 460 g/mol. The molecule has 2 heterocycles. The quantitative estimate of drug-likeness (QED) is 0.172. The van der Waals surface area contributed by atoms with E-state index in [4.69, 9.17) is 0 Å². The predicted octanol–water partition coefficient (Wildman–Crippen LogP) is 0.909. The Bertz CT molecular complexity index is 1480. The maximum atomic E-state index is 12.5. The third-order valence-electron chi connectivity index (χ3n) is 5.94. The van der Waals surface area contributed by atoms with E-state index in [1.165, 1.54) is 9.13 Å². The van der Waals surface area contributed by atoms with Gasteiger partial charge in [-0.2, -0.15) is 0 Å². The number of aromatic nitrogens is 4. The Labute approximate surface area is 206 Å². The molecule has 0 saturated carbocycles. The van der Waals surface area contributed by atoms with Gasteiger partial charge in [-0.25, -0.2) is 9.59 Å². The molecule has 0 bridgehead atoms. The van der Waals surface area contributed by atoms with Gasteiger partial charge in [0.2, 0.25) is 0 Å². The summed E-state index contributed by atoms with van der Waals surface area (Å²) in [4.78, 5) is 54.8. The Balaban J connectivity index is 1.11. The van der Waals surface area contributed by atoms with Gasteiger partial charge in [0.25, 0.3) is 11.1 Å². The van der Waals surface area contributed by atoms with Crippen LogP contribution in [-0.2, 0) is 13.1 Å². The summed E-state index contributed by atoms with van der Waals surface area (Å²) in [5.41, 5.74) is -0.209. The summed E-state index contributed by atoms with van der Waals surface area (Å²) in [5, 5.41) is 7.55. The number of para-hydroxylation sites is 2. The molecule has 2 aromatic heterocycles. The van der Waals surface area contributed by atoms with Gasteiger partial charge in [-0.1, -0.05) is 36.4 Å². The van der Waals surface area contributed by atoms with Crippen LogP contribution < -0.4 is 33.1 Å². The molecule has 0 atom stereocenters. The van der Waals surface area contributed by atoms with Crippen molar-refractivity contribution < 1.29 is 0 Å². The maximum absolute atomic E-state index is 12.5. The fourth-order valence-electron chi connectivity index (χ4n) is 4.07. The Morgan fingerprint density at radius 1 is 0.639 bits per heavy atom. The molecule has 4 N–H and O–H groups in total. The van der Waals surface area contributed by atoms with Crippen LogP contribution in [0.5, 0.6) is 0 Å². The van der Waals surface area contributed by atoms with E-state index in [0.717, 1.165) is 0 Å². The highest BCUT2D eigenvalue weighted by Gasteiger charge is 2.07. The van der Waals surface area contributed by atoms with Crippen molar-refractivity contribution in [1.82, 2.24) is 29.7 Å². The molecule has 0 saturated heterocycles. The zero-order chi connectivity index (χ0) is 25.3. The lowest BCUT2D eigenvalue weighted by Gasteiger charge is -2.07. The Morgan fingerprint density at radius 2 is 1.06 bits per heavy atom. The number of hydrogen-bond acceptors (Lipinski definition) is 6. The molecule has 0 aliphatic heterocycles. The molecule has 0 aliphatic rings. The van der Waals surface area contributed by atoms with Crippen LogP contribution in [0.3, 0.4) is 0 Å². The van der Waals surface area contributed by atoms with Gasteiger partial charge in [-0.3, -0.25) is 18.7 Å². The first-order valence-electron chi connectivity index (χ1n) is 12.1. The van der Waals surface area contributed by atoms with Gasteiger partial charge in [0, 0.05) is 26.2 Å². The average molecular weight is 491 g/mol. The van der Waals surface area contributed by atoms with Gasteiger partial charge < -0.3 is 20.6 Å². The molecule has 188 valence electrons. The van der Waals surface area contributed by atoms with Crippen LogP contribution in [0.15, 0.2) is 79.9 Å². The summed E-state index contributed by atoms with van der Waals surface area (Å²) >= 11 is 0. The molecular formula is C26H30N6O4. The molecule has 0 unspecified atom stereocenters. The smallest absolute Gasteiger partial charge is 0.313 e. The van der Waals surface area contributed by atoms with E-state index in [1.807, 2.05) is 12.2 Å². The summed E-state index contributed by atoms with van der Waals surface area (Å²) in [5.74, 6) is 0. The summed E-state index contributed by atoms with van der Waals surface area (Å²) < 4.78 is 2.48. The van der Waals surface area contributed by atoms with Crippen LogP contribution in [0, 0.1) is 0 Å². The lowest BCUT2D eigenvalue weighted by molar-refractivity contribution is 0.566. The molecule has 0 amide bonds. The Hall–Kier alpha value is -4.02. The largest absolute Gasteiger partial charge is 0.328 e. The molecule has 0 radical (unpaired) electrons. The first-order chi connectivity index (χ1) is 17.6. The Kier molecular flexibility index (Phi) is 8.43. The van der Waals surface area contributed by atoms with Crippen molar-refractivity contribution in [3.8, 4) is 0 Å². The topological polar surface area (TPSA) is 134 Å². The van der Waals surface area contributed by atoms with Crippen molar-refractivity contribution in [1.29, 1.82) is 0 Å². The highest BCUT2D eigenvalue weighted by molar-refractivity contribution is 5.77. The third kappa shape index (κ3) is 5.96. The van der Waals surface area contributed by atoms with Crippen molar-refractivity contribution in [2.75, 3.05) is 26.2 Å². The Morgan fingerprint density at radius 3 is 1.50 bits per heavy atom. The van der Waals surface area contributed by atoms with E-state index in [0.29, 0.717) is 73.9 Å². The minimum atomic E-state index is -0.389. The van der Waals surface area contributed by atoms with Gasteiger partial charge in [0.1, 0.15) is 0 Å².